The van der Waals surface area contributed by atoms with E-state index in [4.69, 9.17) is 0 Å². The second-order valence-electron chi connectivity index (χ2n) is 8.38. The Morgan fingerprint density at radius 1 is 1.10 bits per heavy atom. The minimum atomic E-state index is -0.667. The standard InChI is InChI=1S/C23H19F2N5O/c1-29-10-14(9-28-29)13-6-16(24)21(17(25)7-13)22-20(12-2-3-12)23(31)30(22)15-4-5-18-19(8-15)27-11-26-18/h4-12,20,22H,2-3H2,1H3,(H,26,27)/t20-,22-/m1/s1. The van der Waals surface area contributed by atoms with E-state index in [-0.39, 0.29) is 17.4 Å². The molecular weight excluding hydrogens is 400 g/mol. The molecule has 1 saturated heterocycles. The summed E-state index contributed by atoms with van der Waals surface area (Å²) in [6.07, 6.45) is 6.68. The number of benzene rings is 2. The van der Waals surface area contributed by atoms with Gasteiger partial charge in [0.05, 0.1) is 35.5 Å². The van der Waals surface area contributed by atoms with Crippen molar-refractivity contribution >= 4 is 22.6 Å². The molecule has 0 unspecified atom stereocenters. The van der Waals surface area contributed by atoms with E-state index in [1.165, 1.54) is 17.0 Å². The summed E-state index contributed by atoms with van der Waals surface area (Å²) in [5.74, 6) is -1.60. The van der Waals surface area contributed by atoms with E-state index < -0.39 is 23.6 Å². The average Bonchev–Trinajstić information content (AvgIpc) is 3.26. The zero-order valence-corrected chi connectivity index (χ0v) is 16.7. The lowest BCUT2D eigenvalue weighted by Crippen LogP contribution is -2.56. The Balaban J connectivity index is 1.44. The number of halogens is 2. The highest BCUT2D eigenvalue weighted by Crippen LogP contribution is 2.55. The van der Waals surface area contributed by atoms with Crippen LogP contribution in [0.5, 0.6) is 0 Å². The molecule has 4 aromatic rings. The summed E-state index contributed by atoms with van der Waals surface area (Å²) in [5.41, 5.74) is 3.14. The van der Waals surface area contributed by atoms with E-state index in [1.54, 1.807) is 42.6 Å². The van der Waals surface area contributed by atoms with Crippen molar-refractivity contribution in [2.45, 2.75) is 18.9 Å². The molecule has 6 nitrogen and oxygen atoms in total. The number of fused-ring (bicyclic) bond motifs is 1. The van der Waals surface area contributed by atoms with Crippen molar-refractivity contribution in [2.75, 3.05) is 4.90 Å². The Morgan fingerprint density at radius 3 is 2.55 bits per heavy atom. The van der Waals surface area contributed by atoms with Gasteiger partial charge in [-0.05, 0) is 54.7 Å². The maximum atomic E-state index is 15.3. The first-order chi connectivity index (χ1) is 15.0. The third-order valence-corrected chi connectivity index (χ3v) is 6.37. The lowest BCUT2D eigenvalue weighted by molar-refractivity contribution is -0.131. The first kappa shape index (κ1) is 18.2. The number of rotatable bonds is 4. The third-order valence-electron chi connectivity index (χ3n) is 6.37. The molecular formula is C23H19F2N5O. The van der Waals surface area contributed by atoms with Crippen LogP contribution in [0.1, 0.15) is 24.4 Å². The molecule has 2 aliphatic rings. The summed E-state index contributed by atoms with van der Waals surface area (Å²) in [6, 6.07) is 7.38. The van der Waals surface area contributed by atoms with Crippen molar-refractivity contribution in [2.24, 2.45) is 18.9 Å². The zero-order valence-electron chi connectivity index (χ0n) is 16.7. The third kappa shape index (κ3) is 2.78. The van der Waals surface area contributed by atoms with E-state index in [2.05, 4.69) is 15.1 Å². The summed E-state index contributed by atoms with van der Waals surface area (Å²) in [5, 5.41) is 4.07. The zero-order chi connectivity index (χ0) is 21.3. The second kappa shape index (κ2) is 6.47. The lowest BCUT2D eigenvalue weighted by Gasteiger charge is -2.48. The van der Waals surface area contributed by atoms with E-state index >= 15 is 8.78 Å². The number of hydrogen-bond donors (Lipinski definition) is 1. The van der Waals surface area contributed by atoms with Gasteiger partial charge in [-0.15, -0.1) is 0 Å². The number of aryl methyl sites for hydroxylation is 1. The van der Waals surface area contributed by atoms with Crippen LogP contribution in [0.15, 0.2) is 49.1 Å². The molecule has 1 aliphatic heterocycles. The molecule has 2 aromatic heterocycles. The molecule has 2 fully saturated rings. The van der Waals surface area contributed by atoms with Crippen molar-refractivity contribution in [3.05, 3.63) is 66.3 Å². The molecule has 1 saturated carbocycles. The molecule has 156 valence electrons. The van der Waals surface area contributed by atoms with E-state index in [0.717, 1.165) is 18.4 Å². The fraction of sp³-hybridized carbons (Fsp3) is 0.261. The summed E-state index contributed by atoms with van der Waals surface area (Å²) >= 11 is 0. The quantitative estimate of drug-likeness (QED) is 0.500. The van der Waals surface area contributed by atoms with Crippen LogP contribution < -0.4 is 4.90 Å². The average molecular weight is 419 g/mol. The predicted molar refractivity (Wildman–Crippen MR) is 111 cm³/mol. The maximum absolute atomic E-state index is 15.3. The molecule has 1 N–H and O–H groups in total. The van der Waals surface area contributed by atoms with Gasteiger partial charge in [0.15, 0.2) is 0 Å². The number of imidazole rings is 1. The number of carbonyl (C=O) groups is 1. The van der Waals surface area contributed by atoms with Gasteiger partial charge >= 0.3 is 0 Å². The molecule has 8 heteroatoms. The van der Waals surface area contributed by atoms with Crippen LogP contribution in [0.25, 0.3) is 22.2 Å². The number of H-pyrrole nitrogens is 1. The summed E-state index contributed by atoms with van der Waals surface area (Å²) < 4.78 is 32.2. The molecule has 6 rings (SSSR count). The van der Waals surface area contributed by atoms with Crippen LogP contribution >= 0.6 is 0 Å². The number of β-lactam (4-membered cyclic amide) rings is 1. The number of carbonyl (C=O) groups excluding carboxylic acids is 1. The summed E-state index contributed by atoms with van der Waals surface area (Å²) in [7, 11) is 1.75. The predicted octanol–water partition coefficient (Wildman–Crippen LogP) is 4.36. The molecule has 1 amide bonds. The van der Waals surface area contributed by atoms with Crippen LogP contribution in [0.4, 0.5) is 14.5 Å². The number of hydrogen-bond acceptors (Lipinski definition) is 3. The van der Waals surface area contributed by atoms with Crippen LogP contribution in [0, 0.1) is 23.5 Å². The van der Waals surface area contributed by atoms with Crippen molar-refractivity contribution in [3.63, 3.8) is 0 Å². The molecule has 31 heavy (non-hydrogen) atoms. The molecule has 2 atom stereocenters. The van der Waals surface area contributed by atoms with Gasteiger partial charge in [-0.25, -0.2) is 13.8 Å². The Hall–Kier alpha value is -3.55. The van der Waals surface area contributed by atoms with Gasteiger partial charge in [-0.3, -0.25) is 9.48 Å². The van der Waals surface area contributed by atoms with E-state index in [0.29, 0.717) is 22.3 Å². The minimum Gasteiger partial charge on any atom is -0.345 e. The van der Waals surface area contributed by atoms with Gasteiger partial charge in [0.25, 0.3) is 0 Å². The van der Waals surface area contributed by atoms with Crippen LogP contribution in [0.3, 0.4) is 0 Å². The maximum Gasteiger partial charge on any atom is 0.233 e. The van der Waals surface area contributed by atoms with E-state index in [9.17, 15) is 4.79 Å². The first-order valence-corrected chi connectivity index (χ1v) is 10.3. The molecule has 1 aliphatic carbocycles. The lowest BCUT2D eigenvalue weighted by atomic mass is 9.78. The molecule has 2 aromatic carbocycles. The SMILES string of the molecule is Cn1cc(-c2cc(F)c([C@H]3[C@@H](C4CC4)C(=O)N3c3ccc4[nH]cnc4c3)c(F)c2)cn1. The number of aromatic nitrogens is 4. The smallest absolute Gasteiger partial charge is 0.233 e. The van der Waals surface area contributed by atoms with Gasteiger partial charge in [0, 0.05) is 30.1 Å². The molecule has 0 radical (unpaired) electrons. The molecule has 0 bridgehead atoms. The fourth-order valence-electron chi connectivity index (χ4n) is 4.70. The molecule has 0 spiro atoms. The van der Waals surface area contributed by atoms with Crippen molar-refractivity contribution in [1.82, 2.24) is 19.7 Å². The summed E-state index contributed by atoms with van der Waals surface area (Å²) in [4.78, 5) is 21.8. The van der Waals surface area contributed by atoms with Gasteiger partial charge in [0.2, 0.25) is 5.91 Å². The van der Waals surface area contributed by atoms with Crippen LogP contribution in [0.2, 0.25) is 0 Å². The normalized spacial score (nSPS) is 21.0. The topological polar surface area (TPSA) is 66.8 Å². The number of aromatic amines is 1. The Bertz CT molecular complexity index is 1320. The minimum absolute atomic E-state index is 0.0498. The number of anilines is 1. The van der Waals surface area contributed by atoms with Crippen molar-refractivity contribution < 1.29 is 13.6 Å². The summed E-state index contributed by atoms with van der Waals surface area (Å²) in [6.45, 7) is 0. The van der Waals surface area contributed by atoms with Gasteiger partial charge in [0.1, 0.15) is 11.6 Å². The highest BCUT2D eigenvalue weighted by Gasteiger charge is 2.56. The number of amides is 1. The van der Waals surface area contributed by atoms with Crippen molar-refractivity contribution in [1.29, 1.82) is 0 Å². The van der Waals surface area contributed by atoms with Crippen LogP contribution in [-0.4, -0.2) is 25.7 Å². The Labute approximate surface area is 176 Å². The van der Waals surface area contributed by atoms with Gasteiger partial charge < -0.3 is 9.88 Å². The second-order valence-corrected chi connectivity index (χ2v) is 8.38. The Morgan fingerprint density at radius 2 is 1.87 bits per heavy atom. The van der Waals surface area contributed by atoms with Crippen molar-refractivity contribution in [3.8, 4) is 11.1 Å². The van der Waals surface area contributed by atoms with E-state index in [1.807, 2.05) is 6.07 Å². The Kier molecular flexibility index (Phi) is 3.81. The van der Waals surface area contributed by atoms with Gasteiger partial charge in [-0.1, -0.05) is 0 Å². The highest BCUT2D eigenvalue weighted by molar-refractivity contribution is 6.04. The monoisotopic (exact) mass is 419 g/mol. The largest absolute Gasteiger partial charge is 0.345 e. The number of nitrogens with one attached hydrogen (secondary N) is 1. The number of nitrogens with zero attached hydrogens (tertiary/aromatic N) is 4. The van der Waals surface area contributed by atoms with Crippen LogP contribution in [-0.2, 0) is 11.8 Å². The highest BCUT2D eigenvalue weighted by atomic mass is 19.1. The first-order valence-electron chi connectivity index (χ1n) is 10.3. The van der Waals surface area contributed by atoms with Gasteiger partial charge in [-0.2, -0.15) is 5.10 Å². The fourth-order valence-corrected chi connectivity index (χ4v) is 4.70. The molecule has 3 heterocycles.